The molecular formula is C5H14OSi. The molecule has 2 heteroatoms. The summed E-state index contributed by atoms with van der Waals surface area (Å²) in [6.07, 6.45) is 1.11. The van der Waals surface area contributed by atoms with Crippen molar-refractivity contribution in [2.45, 2.75) is 32.8 Å². The van der Waals surface area contributed by atoms with E-state index >= 15 is 0 Å². The van der Waals surface area contributed by atoms with Crippen molar-refractivity contribution in [3.63, 3.8) is 0 Å². The monoisotopic (exact) mass is 118 g/mol. The average molecular weight is 118 g/mol. The zero-order valence-electron chi connectivity index (χ0n) is 5.62. The molecule has 0 aromatic rings. The van der Waals surface area contributed by atoms with Gasteiger partial charge in [0.1, 0.15) is 10.5 Å². The highest BCUT2D eigenvalue weighted by atomic mass is 28.2. The number of rotatable bonds is 2. The van der Waals surface area contributed by atoms with Crippen LogP contribution in [0.1, 0.15) is 27.2 Å². The Balaban J connectivity index is 3.36. The Labute approximate surface area is 48.6 Å². The summed E-state index contributed by atoms with van der Waals surface area (Å²) in [5.41, 5.74) is 0.145. The molecule has 0 amide bonds. The Bertz CT molecular complexity index is 46.0. The van der Waals surface area contributed by atoms with E-state index in [0.29, 0.717) is 0 Å². The minimum Gasteiger partial charge on any atom is -0.423 e. The molecule has 0 radical (unpaired) electrons. The van der Waals surface area contributed by atoms with Gasteiger partial charge < -0.3 is 4.43 Å². The highest BCUT2D eigenvalue weighted by Crippen LogP contribution is 2.09. The molecule has 0 unspecified atom stereocenters. The Morgan fingerprint density at radius 2 is 2.00 bits per heavy atom. The molecule has 0 saturated carbocycles. The molecule has 0 N–H and O–H groups in total. The maximum Gasteiger partial charge on any atom is 0.146 e. The summed E-state index contributed by atoms with van der Waals surface area (Å²) in [6.45, 7) is 6.36. The van der Waals surface area contributed by atoms with Crippen LogP contribution in [-0.2, 0) is 4.43 Å². The van der Waals surface area contributed by atoms with E-state index < -0.39 is 0 Å². The van der Waals surface area contributed by atoms with E-state index in [4.69, 9.17) is 4.43 Å². The highest BCUT2D eigenvalue weighted by Gasteiger charge is 2.09. The summed E-state index contributed by atoms with van der Waals surface area (Å²) in [4.78, 5) is 0. The fourth-order valence-corrected chi connectivity index (χ4v) is 0.433. The number of hydrogen-bond acceptors (Lipinski definition) is 1. The molecule has 0 saturated heterocycles. The molecule has 0 rings (SSSR count). The quantitative estimate of drug-likeness (QED) is 0.479. The van der Waals surface area contributed by atoms with Crippen molar-refractivity contribution in [3.05, 3.63) is 0 Å². The summed E-state index contributed by atoms with van der Waals surface area (Å²) in [5.74, 6) is 0. The predicted octanol–water partition coefficient (Wildman–Crippen LogP) is 0.472. The Morgan fingerprint density at radius 3 is 2.00 bits per heavy atom. The van der Waals surface area contributed by atoms with E-state index in [9.17, 15) is 0 Å². The minimum atomic E-state index is 0.145. The van der Waals surface area contributed by atoms with E-state index in [2.05, 4.69) is 20.8 Å². The van der Waals surface area contributed by atoms with Gasteiger partial charge in [-0.1, -0.05) is 6.92 Å². The highest BCUT2D eigenvalue weighted by molar-refractivity contribution is 5.98. The zero-order valence-corrected chi connectivity index (χ0v) is 7.62. The lowest BCUT2D eigenvalue weighted by molar-refractivity contribution is 0.119. The van der Waals surface area contributed by atoms with Crippen LogP contribution in [0.4, 0.5) is 0 Å². The predicted molar refractivity (Wildman–Crippen MR) is 35.4 cm³/mol. The normalized spacial score (nSPS) is 12.4. The summed E-state index contributed by atoms with van der Waals surface area (Å²) in [7, 11) is 0.857. The van der Waals surface area contributed by atoms with Gasteiger partial charge in [0, 0.05) is 5.60 Å². The topological polar surface area (TPSA) is 9.23 Å². The molecule has 0 spiro atoms. The molecule has 0 aromatic carbocycles. The van der Waals surface area contributed by atoms with Crippen molar-refractivity contribution in [3.8, 4) is 0 Å². The standard InChI is InChI=1S/C5H14OSi/c1-4-5(2,3)6-7/h4H2,1-3,7H3. The second-order valence-corrected chi connectivity index (χ2v) is 2.73. The van der Waals surface area contributed by atoms with E-state index in [1.807, 2.05) is 0 Å². The van der Waals surface area contributed by atoms with Gasteiger partial charge in [0.05, 0.1) is 0 Å². The fraction of sp³-hybridized carbons (Fsp3) is 1.00. The van der Waals surface area contributed by atoms with Crippen molar-refractivity contribution in [1.82, 2.24) is 0 Å². The van der Waals surface area contributed by atoms with E-state index in [1.165, 1.54) is 0 Å². The van der Waals surface area contributed by atoms with Crippen molar-refractivity contribution in [2.75, 3.05) is 0 Å². The molecule has 0 aliphatic carbocycles. The largest absolute Gasteiger partial charge is 0.423 e. The van der Waals surface area contributed by atoms with Gasteiger partial charge in [0.25, 0.3) is 0 Å². The second kappa shape index (κ2) is 2.48. The Kier molecular flexibility index (Phi) is 2.54. The first-order chi connectivity index (χ1) is 3.12. The van der Waals surface area contributed by atoms with Gasteiger partial charge in [0.15, 0.2) is 0 Å². The van der Waals surface area contributed by atoms with Gasteiger partial charge in [-0.25, -0.2) is 0 Å². The van der Waals surface area contributed by atoms with Crippen LogP contribution in [0.2, 0.25) is 0 Å². The fourth-order valence-electron chi connectivity index (χ4n) is 0.144. The third kappa shape index (κ3) is 2.82. The first kappa shape index (κ1) is 7.18. The molecule has 0 bridgehead atoms. The summed E-state index contributed by atoms with van der Waals surface area (Å²) in [6, 6.07) is 0. The molecule has 0 atom stereocenters. The molecule has 44 valence electrons. The molecule has 0 aliphatic rings. The summed E-state index contributed by atoms with van der Waals surface area (Å²) in [5, 5.41) is 0. The number of hydrogen-bond donors (Lipinski definition) is 0. The van der Waals surface area contributed by atoms with Crippen LogP contribution in [0.15, 0.2) is 0 Å². The van der Waals surface area contributed by atoms with Crippen molar-refractivity contribution in [2.24, 2.45) is 0 Å². The Morgan fingerprint density at radius 1 is 1.57 bits per heavy atom. The summed E-state index contributed by atoms with van der Waals surface area (Å²) >= 11 is 0. The van der Waals surface area contributed by atoms with Crippen molar-refractivity contribution >= 4 is 10.5 Å². The first-order valence-corrected chi connectivity index (χ1v) is 3.49. The van der Waals surface area contributed by atoms with E-state index in [0.717, 1.165) is 16.9 Å². The first-order valence-electron chi connectivity index (χ1n) is 2.67. The maximum absolute atomic E-state index is 5.23. The zero-order chi connectivity index (χ0) is 5.91. The van der Waals surface area contributed by atoms with E-state index in [-0.39, 0.29) is 5.60 Å². The van der Waals surface area contributed by atoms with Gasteiger partial charge >= 0.3 is 0 Å². The minimum absolute atomic E-state index is 0.145. The van der Waals surface area contributed by atoms with Crippen molar-refractivity contribution in [1.29, 1.82) is 0 Å². The van der Waals surface area contributed by atoms with E-state index in [1.54, 1.807) is 0 Å². The lowest BCUT2D eigenvalue weighted by Crippen LogP contribution is -2.20. The third-order valence-corrected chi connectivity index (χ3v) is 2.51. The van der Waals surface area contributed by atoms with Gasteiger partial charge in [-0.15, -0.1) is 0 Å². The SMILES string of the molecule is CCC(C)(C)O[SiH3]. The van der Waals surface area contributed by atoms with Crippen LogP contribution in [-0.4, -0.2) is 16.1 Å². The van der Waals surface area contributed by atoms with Crippen LogP contribution >= 0.6 is 0 Å². The lowest BCUT2D eigenvalue weighted by atomic mass is 10.1. The third-order valence-electron chi connectivity index (χ3n) is 1.40. The van der Waals surface area contributed by atoms with Crippen molar-refractivity contribution < 1.29 is 4.43 Å². The van der Waals surface area contributed by atoms with Crippen LogP contribution in [0.5, 0.6) is 0 Å². The molecule has 0 heterocycles. The lowest BCUT2D eigenvalue weighted by Gasteiger charge is -2.20. The molecule has 7 heavy (non-hydrogen) atoms. The molecule has 0 aliphatic heterocycles. The Hall–Kier alpha value is 0.177. The van der Waals surface area contributed by atoms with Gasteiger partial charge in [-0.05, 0) is 20.3 Å². The van der Waals surface area contributed by atoms with Crippen LogP contribution in [0, 0.1) is 0 Å². The smallest absolute Gasteiger partial charge is 0.146 e. The molecule has 0 aromatic heterocycles. The molecular weight excluding hydrogens is 104 g/mol. The van der Waals surface area contributed by atoms with Crippen LogP contribution < -0.4 is 0 Å². The maximum atomic E-state index is 5.23. The van der Waals surface area contributed by atoms with Crippen LogP contribution in [0.3, 0.4) is 0 Å². The molecule has 1 nitrogen and oxygen atoms in total. The second-order valence-electron chi connectivity index (χ2n) is 2.32. The average Bonchev–Trinajstić information content (AvgIpc) is 1.68. The van der Waals surface area contributed by atoms with Gasteiger partial charge in [-0.2, -0.15) is 0 Å². The molecule has 0 fully saturated rings. The van der Waals surface area contributed by atoms with Gasteiger partial charge in [-0.3, -0.25) is 0 Å². The van der Waals surface area contributed by atoms with Gasteiger partial charge in [0.2, 0.25) is 0 Å². The summed E-state index contributed by atoms with van der Waals surface area (Å²) < 4.78 is 5.23. The van der Waals surface area contributed by atoms with Crippen LogP contribution in [0.25, 0.3) is 0 Å².